The van der Waals surface area contributed by atoms with Gasteiger partial charge in [0.05, 0.1) is 11.3 Å². The van der Waals surface area contributed by atoms with E-state index in [-0.39, 0.29) is 0 Å². The van der Waals surface area contributed by atoms with Gasteiger partial charge in [0, 0.05) is 0 Å². The first-order chi connectivity index (χ1) is 5.11. The Morgan fingerprint density at radius 1 is 1.55 bits per heavy atom. The molecular formula is C7H9N3O. The van der Waals surface area contributed by atoms with Gasteiger partial charge in [0.25, 0.3) is 5.91 Å². The Balaban J connectivity index is 3.20. The molecule has 1 amide bonds. The highest BCUT2D eigenvalue weighted by molar-refractivity contribution is 5.93. The summed E-state index contributed by atoms with van der Waals surface area (Å²) in [5.41, 5.74) is 11.4. The summed E-state index contributed by atoms with van der Waals surface area (Å²) in [5.74, 6) is -0.0810. The van der Waals surface area contributed by atoms with Gasteiger partial charge in [-0.25, -0.2) is 4.98 Å². The monoisotopic (exact) mass is 151 g/mol. The number of anilines is 1. The lowest BCUT2D eigenvalue weighted by molar-refractivity contribution is 0.0999. The first-order valence-corrected chi connectivity index (χ1v) is 3.14. The van der Waals surface area contributed by atoms with Crippen molar-refractivity contribution in [1.29, 1.82) is 0 Å². The molecule has 1 aromatic heterocycles. The normalized spacial score (nSPS) is 9.55. The smallest absolute Gasteiger partial charge is 0.250 e. The van der Waals surface area contributed by atoms with Crippen molar-refractivity contribution < 1.29 is 4.79 Å². The molecule has 1 rings (SSSR count). The van der Waals surface area contributed by atoms with Crippen LogP contribution < -0.4 is 11.5 Å². The lowest BCUT2D eigenvalue weighted by Crippen LogP contribution is -2.13. The number of hydrogen-bond donors (Lipinski definition) is 2. The number of pyridine rings is 1. The summed E-state index contributed by atoms with van der Waals surface area (Å²) in [4.78, 5) is 14.5. The van der Waals surface area contributed by atoms with Gasteiger partial charge in [-0.2, -0.15) is 0 Å². The molecule has 4 heteroatoms. The molecule has 1 heterocycles. The van der Waals surface area contributed by atoms with Crippen LogP contribution in [0.4, 0.5) is 5.82 Å². The minimum Gasteiger partial charge on any atom is -0.384 e. The number of hydrogen-bond acceptors (Lipinski definition) is 3. The van der Waals surface area contributed by atoms with Crippen LogP contribution >= 0.6 is 0 Å². The predicted molar refractivity (Wildman–Crippen MR) is 41.9 cm³/mol. The fourth-order valence-corrected chi connectivity index (χ4v) is 0.841. The third-order valence-corrected chi connectivity index (χ3v) is 1.37. The fourth-order valence-electron chi connectivity index (χ4n) is 0.841. The summed E-state index contributed by atoms with van der Waals surface area (Å²) in [6.45, 7) is 1.69. The van der Waals surface area contributed by atoms with Gasteiger partial charge >= 0.3 is 0 Å². The summed E-state index contributed by atoms with van der Waals surface area (Å²) in [5, 5.41) is 0. The van der Waals surface area contributed by atoms with Crippen LogP contribution in [-0.2, 0) is 0 Å². The van der Waals surface area contributed by atoms with Crippen LogP contribution in [0.1, 0.15) is 16.1 Å². The number of amides is 1. The molecule has 0 bridgehead atoms. The molecule has 0 saturated heterocycles. The van der Waals surface area contributed by atoms with E-state index in [1.54, 1.807) is 19.1 Å². The number of carbonyl (C=O) groups excluding carboxylic acids is 1. The zero-order valence-corrected chi connectivity index (χ0v) is 6.16. The second-order valence-electron chi connectivity index (χ2n) is 2.23. The Bertz CT molecular complexity index is 296. The van der Waals surface area contributed by atoms with Crippen LogP contribution in [0.15, 0.2) is 12.1 Å². The molecule has 0 aliphatic heterocycles. The number of aromatic nitrogens is 1. The predicted octanol–water partition coefficient (Wildman–Crippen LogP) is 0.0711. The molecule has 0 spiro atoms. The Labute approximate surface area is 64.2 Å². The molecular weight excluding hydrogens is 142 g/mol. The maximum absolute atomic E-state index is 10.7. The van der Waals surface area contributed by atoms with E-state index < -0.39 is 5.91 Å². The molecule has 1 aromatic rings. The fraction of sp³-hybridized carbons (Fsp3) is 0.143. The molecule has 0 unspecified atom stereocenters. The van der Waals surface area contributed by atoms with E-state index in [0.29, 0.717) is 17.1 Å². The standard InChI is InChI=1S/C7H9N3O/c1-4-5(7(9)11)2-3-6(8)10-4/h2-3H,1H3,(H2,8,10)(H2,9,11). The van der Waals surface area contributed by atoms with E-state index in [1.807, 2.05) is 0 Å². The average molecular weight is 151 g/mol. The highest BCUT2D eigenvalue weighted by atomic mass is 16.1. The highest BCUT2D eigenvalue weighted by Gasteiger charge is 2.04. The van der Waals surface area contributed by atoms with Crippen molar-refractivity contribution in [2.45, 2.75) is 6.92 Å². The molecule has 0 aromatic carbocycles. The van der Waals surface area contributed by atoms with Crippen molar-refractivity contribution in [3.8, 4) is 0 Å². The number of carbonyl (C=O) groups is 1. The average Bonchev–Trinajstić information content (AvgIpc) is 1.85. The van der Waals surface area contributed by atoms with Crippen molar-refractivity contribution in [3.05, 3.63) is 23.4 Å². The van der Waals surface area contributed by atoms with Gasteiger partial charge in [-0.05, 0) is 19.1 Å². The summed E-state index contributed by atoms with van der Waals surface area (Å²) in [6, 6.07) is 3.12. The number of rotatable bonds is 1. The Kier molecular flexibility index (Phi) is 1.76. The minimum atomic E-state index is -0.477. The van der Waals surface area contributed by atoms with Crippen LogP contribution in [0, 0.1) is 6.92 Å². The molecule has 0 aliphatic carbocycles. The zero-order valence-electron chi connectivity index (χ0n) is 6.16. The lowest BCUT2D eigenvalue weighted by Gasteiger charge is -1.99. The SMILES string of the molecule is Cc1nc(N)ccc1C(N)=O. The largest absolute Gasteiger partial charge is 0.384 e. The Hall–Kier alpha value is -1.58. The molecule has 4 nitrogen and oxygen atoms in total. The molecule has 0 saturated carbocycles. The van der Waals surface area contributed by atoms with Crippen LogP contribution in [0.25, 0.3) is 0 Å². The van der Waals surface area contributed by atoms with Crippen molar-refractivity contribution in [3.63, 3.8) is 0 Å². The maximum Gasteiger partial charge on any atom is 0.250 e. The van der Waals surface area contributed by atoms with Gasteiger partial charge in [-0.15, -0.1) is 0 Å². The first kappa shape index (κ1) is 7.53. The van der Waals surface area contributed by atoms with Gasteiger partial charge in [-0.3, -0.25) is 4.79 Å². The molecule has 0 fully saturated rings. The van der Waals surface area contributed by atoms with Gasteiger partial charge in [0.2, 0.25) is 0 Å². The van der Waals surface area contributed by atoms with E-state index in [0.717, 1.165) is 0 Å². The molecule has 58 valence electrons. The molecule has 0 radical (unpaired) electrons. The van der Waals surface area contributed by atoms with Gasteiger partial charge in [0.1, 0.15) is 5.82 Å². The number of nitrogens with two attached hydrogens (primary N) is 2. The summed E-state index contributed by atoms with van der Waals surface area (Å²) in [7, 11) is 0. The van der Waals surface area contributed by atoms with Crippen molar-refractivity contribution >= 4 is 11.7 Å². The van der Waals surface area contributed by atoms with E-state index in [2.05, 4.69) is 4.98 Å². The van der Waals surface area contributed by atoms with Crippen molar-refractivity contribution in [2.75, 3.05) is 5.73 Å². The quantitative estimate of drug-likeness (QED) is 0.595. The Morgan fingerprint density at radius 3 is 2.64 bits per heavy atom. The van der Waals surface area contributed by atoms with E-state index in [1.165, 1.54) is 0 Å². The van der Waals surface area contributed by atoms with Crippen LogP contribution in [0.5, 0.6) is 0 Å². The summed E-state index contributed by atoms with van der Waals surface area (Å²) in [6.07, 6.45) is 0. The number of primary amides is 1. The van der Waals surface area contributed by atoms with Crippen LogP contribution in [0.2, 0.25) is 0 Å². The van der Waals surface area contributed by atoms with Crippen molar-refractivity contribution in [1.82, 2.24) is 4.98 Å². The van der Waals surface area contributed by atoms with Crippen molar-refractivity contribution in [2.24, 2.45) is 5.73 Å². The topological polar surface area (TPSA) is 82.0 Å². The minimum absolute atomic E-state index is 0.396. The van der Waals surface area contributed by atoms with E-state index >= 15 is 0 Å². The van der Waals surface area contributed by atoms with E-state index in [4.69, 9.17) is 11.5 Å². The highest BCUT2D eigenvalue weighted by Crippen LogP contribution is 2.06. The second kappa shape index (κ2) is 2.57. The third-order valence-electron chi connectivity index (χ3n) is 1.37. The number of nitrogen functional groups attached to an aromatic ring is 1. The number of nitrogens with zero attached hydrogens (tertiary/aromatic N) is 1. The maximum atomic E-state index is 10.7. The molecule has 0 atom stereocenters. The number of aryl methyl sites for hydroxylation is 1. The lowest BCUT2D eigenvalue weighted by atomic mass is 10.2. The van der Waals surface area contributed by atoms with Crippen LogP contribution in [0.3, 0.4) is 0 Å². The summed E-state index contributed by atoms with van der Waals surface area (Å²) >= 11 is 0. The Morgan fingerprint density at radius 2 is 2.18 bits per heavy atom. The summed E-state index contributed by atoms with van der Waals surface area (Å²) < 4.78 is 0. The molecule has 11 heavy (non-hydrogen) atoms. The van der Waals surface area contributed by atoms with Gasteiger partial charge in [-0.1, -0.05) is 0 Å². The zero-order chi connectivity index (χ0) is 8.43. The van der Waals surface area contributed by atoms with Crippen LogP contribution in [-0.4, -0.2) is 10.9 Å². The molecule has 4 N–H and O–H groups in total. The third kappa shape index (κ3) is 1.46. The molecule has 0 aliphatic rings. The van der Waals surface area contributed by atoms with Gasteiger partial charge in [0.15, 0.2) is 0 Å². The second-order valence-corrected chi connectivity index (χ2v) is 2.23. The van der Waals surface area contributed by atoms with Gasteiger partial charge < -0.3 is 11.5 Å². The van der Waals surface area contributed by atoms with E-state index in [9.17, 15) is 4.79 Å². The first-order valence-electron chi connectivity index (χ1n) is 3.14.